The second-order valence-electron chi connectivity index (χ2n) is 3.42. The zero-order valence-corrected chi connectivity index (χ0v) is 8.24. The van der Waals surface area contributed by atoms with Crippen molar-refractivity contribution in [2.45, 2.75) is 19.4 Å². The lowest BCUT2D eigenvalue weighted by molar-refractivity contribution is -0.141. The highest BCUT2D eigenvalue weighted by atomic mass is 16.4. The average molecular weight is 213 g/mol. The minimum atomic E-state index is -1.28. The van der Waals surface area contributed by atoms with Crippen molar-refractivity contribution in [1.29, 1.82) is 0 Å². The molecule has 0 bridgehead atoms. The number of H-pyrrole nitrogens is 1. The van der Waals surface area contributed by atoms with Crippen LogP contribution in [0.4, 0.5) is 11.9 Å². The first-order valence-electron chi connectivity index (χ1n) is 4.06. The molecule has 15 heavy (non-hydrogen) atoms. The third-order valence-electron chi connectivity index (χ3n) is 1.63. The molecular weight excluding hydrogens is 202 g/mol. The molecule has 1 aromatic rings. The van der Waals surface area contributed by atoms with E-state index in [9.17, 15) is 9.59 Å². The standard InChI is InChI=1S/C7H11N5O3/c1-7(2,3(13)14)12-5-9-4(8)10-6(15)11-5/h1-2H3,(H,13,14)(H4,8,9,10,11,12,15). The number of nitrogen functional groups attached to an aromatic ring is 1. The molecule has 1 aromatic heterocycles. The van der Waals surface area contributed by atoms with Gasteiger partial charge in [-0.2, -0.15) is 9.97 Å². The van der Waals surface area contributed by atoms with E-state index in [4.69, 9.17) is 10.8 Å². The smallest absolute Gasteiger partial charge is 0.350 e. The van der Waals surface area contributed by atoms with Crippen molar-refractivity contribution in [2.75, 3.05) is 11.1 Å². The van der Waals surface area contributed by atoms with Gasteiger partial charge in [-0.3, -0.25) is 4.98 Å². The largest absolute Gasteiger partial charge is 0.480 e. The Kier molecular flexibility index (Phi) is 2.60. The fourth-order valence-corrected chi connectivity index (χ4v) is 0.790. The summed E-state index contributed by atoms with van der Waals surface area (Å²) < 4.78 is 0. The molecule has 0 saturated heterocycles. The molecule has 0 atom stereocenters. The van der Waals surface area contributed by atoms with E-state index in [-0.39, 0.29) is 11.9 Å². The third-order valence-corrected chi connectivity index (χ3v) is 1.63. The molecule has 0 amide bonds. The lowest BCUT2D eigenvalue weighted by Gasteiger charge is -2.20. The van der Waals surface area contributed by atoms with Gasteiger partial charge < -0.3 is 16.2 Å². The number of anilines is 2. The highest BCUT2D eigenvalue weighted by Gasteiger charge is 2.27. The second-order valence-corrected chi connectivity index (χ2v) is 3.42. The zero-order valence-electron chi connectivity index (χ0n) is 8.24. The SMILES string of the molecule is CC(C)(Nc1nc(N)[nH]c(=O)n1)C(=O)O. The van der Waals surface area contributed by atoms with Crippen LogP contribution in [-0.2, 0) is 4.79 Å². The van der Waals surface area contributed by atoms with Crippen LogP contribution >= 0.6 is 0 Å². The Morgan fingerprint density at radius 3 is 2.60 bits per heavy atom. The Hall–Kier alpha value is -2.12. The Morgan fingerprint density at radius 1 is 1.53 bits per heavy atom. The number of aromatic nitrogens is 3. The van der Waals surface area contributed by atoms with Crippen LogP contribution in [0.3, 0.4) is 0 Å². The van der Waals surface area contributed by atoms with E-state index in [0.717, 1.165) is 0 Å². The number of hydrogen-bond acceptors (Lipinski definition) is 6. The van der Waals surface area contributed by atoms with Gasteiger partial charge in [0.2, 0.25) is 11.9 Å². The van der Waals surface area contributed by atoms with Crippen molar-refractivity contribution in [3.8, 4) is 0 Å². The first kappa shape index (κ1) is 11.0. The summed E-state index contributed by atoms with van der Waals surface area (Å²) in [5.41, 5.74) is 3.29. The van der Waals surface area contributed by atoms with Crippen LogP contribution in [0.1, 0.15) is 13.8 Å². The van der Waals surface area contributed by atoms with Crippen molar-refractivity contribution < 1.29 is 9.90 Å². The highest BCUT2D eigenvalue weighted by molar-refractivity contribution is 5.80. The van der Waals surface area contributed by atoms with Gasteiger partial charge in [-0.25, -0.2) is 9.59 Å². The van der Waals surface area contributed by atoms with E-state index in [2.05, 4.69) is 20.3 Å². The number of nitrogens with zero attached hydrogens (tertiary/aromatic N) is 2. The van der Waals surface area contributed by atoms with E-state index in [0.29, 0.717) is 0 Å². The molecule has 0 aromatic carbocycles. The lowest BCUT2D eigenvalue weighted by Crippen LogP contribution is -2.41. The predicted octanol–water partition coefficient (Wildman–Crippen LogP) is -0.978. The topological polar surface area (TPSA) is 134 Å². The fourth-order valence-electron chi connectivity index (χ4n) is 0.790. The van der Waals surface area contributed by atoms with Crippen LogP contribution in [0.2, 0.25) is 0 Å². The van der Waals surface area contributed by atoms with Gasteiger partial charge in [0.15, 0.2) is 0 Å². The zero-order chi connectivity index (χ0) is 11.6. The summed E-state index contributed by atoms with van der Waals surface area (Å²) in [5.74, 6) is -1.34. The Morgan fingerprint density at radius 2 is 2.13 bits per heavy atom. The number of nitrogens with one attached hydrogen (secondary N) is 2. The van der Waals surface area contributed by atoms with Gasteiger partial charge in [0.05, 0.1) is 0 Å². The molecule has 5 N–H and O–H groups in total. The molecular formula is C7H11N5O3. The normalized spacial score (nSPS) is 11.1. The molecule has 1 rings (SSSR count). The van der Waals surface area contributed by atoms with Crippen molar-refractivity contribution in [2.24, 2.45) is 0 Å². The van der Waals surface area contributed by atoms with Crippen LogP contribution in [0.25, 0.3) is 0 Å². The van der Waals surface area contributed by atoms with Crippen molar-refractivity contribution in [3.05, 3.63) is 10.5 Å². The molecule has 0 saturated carbocycles. The summed E-state index contributed by atoms with van der Waals surface area (Å²) in [4.78, 5) is 30.9. The van der Waals surface area contributed by atoms with E-state index in [1.165, 1.54) is 13.8 Å². The summed E-state index contributed by atoms with van der Waals surface area (Å²) in [5, 5.41) is 11.3. The minimum absolute atomic E-state index is 0.122. The number of hydrogen-bond donors (Lipinski definition) is 4. The van der Waals surface area contributed by atoms with Crippen LogP contribution in [-0.4, -0.2) is 31.6 Å². The van der Waals surface area contributed by atoms with Crippen LogP contribution in [0.5, 0.6) is 0 Å². The van der Waals surface area contributed by atoms with Crippen LogP contribution in [0.15, 0.2) is 4.79 Å². The summed E-state index contributed by atoms with van der Waals surface area (Å²) in [6.45, 7) is 2.83. The van der Waals surface area contributed by atoms with Crippen molar-refractivity contribution in [1.82, 2.24) is 15.0 Å². The van der Waals surface area contributed by atoms with Gasteiger partial charge >= 0.3 is 11.7 Å². The van der Waals surface area contributed by atoms with Crippen LogP contribution in [0, 0.1) is 0 Å². The molecule has 8 heteroatoms. The Balaban J connectivity index is 2.99. The monoisotopic (exact) mass is 213 g/mol. The van der Waals surface area contributed by atoms with E-state index in [1.807, 2.05) is 0 Å². The summed E-state index contributed by atoms with van der Waals surface area (Å²) >= 11 is 0. The quantitative estimate of drug-likeness (QED) is 0.507. The maximum absolute atomic E-state index is 10.9. The molecule has 82 valence electrons. The minimum Gasteiger partial charge on any atom is -0.480 e. The number of nitrogens with two attached hydrogens (primary N) is 1. The van der Waals surface area contributed by atoms with Gasteiger partial charge in [-0.1, -0.05) is 0 Å². The fraction of sp³-hybridized carbons (Fsp3) is 0.429. The van der Waals surface area contributed by atoms with Gasteiger partial charge in [-0.15, -0.1) is 0 Å². The number of aromatic amines is 1. The Bertz CT molecular complexity index is 438. The van der Waals surface area contributed by atoms with Crippen molar-refractivity contribution in [3.63, 3.8) is 0 Å². The average Bonchev–Trinajstić information content (AvgIpc) is 1.99. The maximum Gasteiger partial charge on any atom is 0.350 e. The first-order valence-corrected chi connectivity index (χ1v) is 4.06. The molecule has 1 heterocycles. The van der Waals surface area contributed by atoms with E-state index in [1.54, 1.807) is 0 Å². The molecule has 0 fully saturated rings. The molecule has 0 aliphatic rings. The molecule has 0 unspecified atom stereocenters. The number of carboxylic acids is 1. The summed E-state index contributed by atoms with van der Waals surface area (Å²) in [6, 6.07) is 0. The molecule has 8 nitrogen and oxygen atoms in total. The van der Waals surface area contributed by atoms with E-state index < -0.39 is 17.2 Å². The first-order chi connectivity index (χ1) is 6.81. The third kappa shape index (κ3) is 2.66. The number of carbonyl (C=O) groups is 1. The molecule has 0 aliphatic heterocycles. The Labute approximate surface area is 84.6 Å². The number of aliphatic carboxylic acids is 1. The van der Waals surface area contributed by atoms with Gasteiger partial charge in [0.25, 0.3) is 0 Å². The van der Waals surface area contributed by atoms with Crippen LogP contribution < -0.4 is 16.7 Å². The highest BCUT2D eigenvalue weighted by Crippen LogP contribution is 2.09. The lowest BCUT2D eigenvalue weighted by atomic mass is 10.1. The predicted molar refractivity (Wildman–Crippen MR) is 52.4 cm³/mol. The molecule has 0 spiro atoms. The van der Waals surface area contributed by atoms with E-state index >= 15 is 0 Å². The number of carboxylic acid groups (broad SMARTS) is 1. The van der Waals surface area contributed by atoms with Crippen molar-refractivity contribution >= 4 is 17.9 Å². The summed E-state index contributed by atoms with van der Waals surface area (Å²) in [7, 11) is 0. The van der Waals surface area contributed by atoms with Gasteiger partial charge in [-0.05, 0) is 13.8 Å². The molecule has 0 aliphatic carbocycles. The maximum atomic E-state index is 10.9. The molecule has 0 radical (unpaired) electrons. The van der Waals surface area contributed by atoms with Gasteiger partial charge in [0, 0.05) is 0 Å². The summed E-state index contributed by atoms with van der Waals surface area (Å²) in [6.07, 6.45) is 0. The second kappa shape index (κ2) is 3.56. The number of rotatable bonds is 3. The van der Waals surface area contributed by atoms with Gasteiger partial charge in [0.1, 0.15) is 5.54 Å².